The van der Waals surface area contributed by atoms with Crippen LogP contribution in [0.25, 0.3) is 0 Å². The average molecular weight is 324 g/mol. The summed E-state index contributed by atoms with van der Waals surface area (Å²) in [6, 6.07) is 4.46. The summed E-state index contributed by atoms with van der Waals surface area (Å²) >= 11 is 1.17. The number of rotatable bonds is 5. The van der Waals surface area contributed by atoms with Crippen LogP contribution in [0.3, 0.4) is 0 Å². The largest absolute Gasteiger partial charge is 0.494 e. The molecule has 1 aromatic carbocycles. The highest BCUT2D eigenvalue weighted by molar-refractivity contribution is 8.13. The van der Waals surface area contributed by atoms with Gasteiger partial charge in [0.1, 0.15) is 5.75 Å². The van der Waals surface area contributed by atoms with Gasteiger partial charge in [-0.25, -0.2) is 0 Å². The molecule has 0 radical (unpaired) electrons. The van der Waals surface area contributed by atoms with Gasteiger partial charge in [-0.2, -0.15) is 0 Å². The summed E-state index contributed by atoms with van der Waals surface area (Å²) < 4.78 is 5.17. The summed E-state index contributed by atoms with van der Waals surface area (Å²) in [5.74, 6) is 0.621. The normalized spacial score (nSPS) is 17.6. The van der Waals surface area contributed by atoms with Crippen molar-refractivity contribution in [2.75, 3.05) is 24.3 Å². The van der Waals surface area contributed by atoms with Gasteiger partial charge in [0.2, 0.25) is 5.91 Å². The topological polar surface area (TPSA) is 89.8 Å². The van der Waals surface area contributed by atoms with Crippen LogP contribution in [0.5, 0.6) is 5.75 Å². The van der Waals surface area contributed by atoms with Crippen molar-refractivity contribution in [1.82, 2.24) is 0 Å². The summed E-state index contributed by atoms with van der Waals surface area (Å²) in [5, 5.41) is 11.2. The quantitative estimate of drug-likeness (QED) is 0.609. The molecule has 0 aromatic heterocycles. The van der Waals surface area contributed by atoms with E-state index < -0.39 is 4.92 Å². The number of carbonyl (C=O) groups is 2. The Labute approximate surface area is 131 Å². The molecule has 1 aliphatic rings. The molecule has 1 fully saturated rings. The highest BCUT2D eigenvalue weighted by Gasteiger charge is 2.36. The molecule has 1 saturated heterocycles. The number of nitro benzene ring substituents is 1. The van der Waals surface area contributed by atoms with Crippen LogP contribution in [0.15, 0.2) is 18.2 Å². The van der Waals surface area contributed by atoms with Crippen LogP contribution in [-0.2, 0) is 9.59 Å². The van der Waals surface area contributed by atoms with E-state index in [9.17, 15) is 19.7 Å². The molecule has 118 valence electrons. The molecule has 0 bridgehead atoms. The van der Waals surface area contributed by atoms with Crippen molar-refractivity contribution in [2.24, 2.45) is 5.92 Å². The van der Waals surface area contributed by atoms with Gasteiger partial charge in [-0.3, -0.25) is 19.7 Å². The predicted octanol–water partition coefficient (Wildman–Crippen LogP) is 2.24. The first-order valence-electron chi connectivity index (χ1n) is 6.69. The Morgan fingerprint density at radius 1 is 1.55 bits per heavy atom. The average Bonchev–Trinajstić information content (AvgIpc) is 2.84. The fourth-order valence-electron chi connectivity index (χ4n) is 2.44. The first-order chi connectivity index (χ1) is 10.4. The lowest BCUT2D eigenvalue weighted by atomic mass is 10.1. The van der Waals surface area contributed by atoms with E-state index in [1.54, 1.807) is 6.07 Å². The second-order valence-corrected chi connectivity index (χ2v) is 6.16. The molecular weight excluding hydrogens is 308 g/mol. The number of benzene rings is 1. The van der Waals surface area contributed by atoms with Crippen LogP contribution in [0.2, 0.25) is 0 Å². The number of methoxy groups -OCH3 is 1. The maximum absolute atomic E-state index is 12.2. The molecule has 0 spiro atoms. The number of hydrogen-bond acceptors (Lipinski definition) is 6. The van der Waals surface area contributed by atoms with E-state index in [1.165, 1.54) is 42.8 Å². The number of thioether (sulfide) groups is 1. The van der Waals surface area contributed by atoms with Crippen molar-refractivity contribution >= 4 is 34.2 Å². The van der Waals surface area contributed by atoms with Crippen LogP contribution in [-0.4, -0.2) is 35.4 Å². The minimum Gasteiger partial charge on any atom is -0.494 e. The molecule has 22 heavy (non-hydrogen) atoms. The highest BCUT2D eigenvalue weighted by Crippen LogP contribution is 2.40. The third-order valence-electron chi connectivity index (χ3n) is 3.39. The van der Waals surface area contributed by atoms with Gasteiger partial charge >= 0.3 is 0 Å². The number of para-hydroxylation sites is 1. The van der Waals surface area contributed by atoms with E-state index in [-0.39, 0.29) is 34.7 Å². The van der Waals surface area contributed by atoms with Gasteiger partial charge < -0.3 is 9.64 Å². The van der Waals surface area contributed by atoms with Crippen molar-refractivity contribution < 1.29 is 19.2 Å². The zero-order valence-electron chi connectivity index (χ0n) is 12.3. The van der Waals surface area contributed by atoms with Crippen LogP contribution < -0.4 is 9.64 Å². The SMILES string of the molecule is COc1cccc([N+](=O)[O-])c1N1CC(CSC(C)=O)CC1=O. The lowest BCUT2D eigenvalue weighted by Crippen LogP contribution is -2.26. The molecule has 1 aromatic rings. The van der Waals surface area contributed by atoms with Crippen molar-refractivity contribution in [1.29, 1.82) is 0 Å². The molecule has 1 heterocycles. The van der Waals surface area contributed by atoms with Crippen LogP contribution in [0.1, 0.15) is 13.3 Å². The van der Waals surface area contributed by atoms with Gasteiger partial charge in [0.25, 0.3) is 5.69 Å². The lowest BCUT2D eigenvalue weighted by Gasteiger charge is -2.19. The Kier molecular flexibility index (Phi) is 5.02. The molecule has 1 aliphatic heterocycles. The number of carbonyl (C=O) groups excluding carboxylic acids is 2. The Morgan fingerprint density at radius 2 is 2.27 bits per heavy atom. The maximum Gasteiger partial charge on any atom is 0.296 e. The fraction of sp³-hybridized carbons (Fsp3) is 0.429. The predicted molar refractivity (Wildman–Crippen MR) is 83.2 cm³/mol. The van der Waals surface area contributed by atoms with Gasteiger partial charge in [0, 0.05) is 31.7 Å². The number of nitrogens with zero attached hydrogens (tertiary/aromatic N) is 2. The number of anilines is 1. The maximum atomic E-state index is 12.2. The Balaban J connectivity index is 2.29. The van der Waals surface area contributed by atoms with Gasteiger partial charge in [-0.1, -0.05) is 17.8 Å². The summed E-state index contributed by atoms with van der Waals surface area (Å²) in [6.45, 7) is 1.82. The zero-order chi connectivity index (χ0) is 16.3. The van der Waals surface area contributed by atoms with E-state index in [4.69, 9.17) is 4.74 Å². The number of hydrogen-bond donors (Lipinski definition) is 0. The minimum atomic E-state index is -0.525. The second kappa shape index (κ2) is 6.78. The minimum absolute atomic E-state index is 0.00540. The van der Waals surface area contributed by atoms with Crippen LogP contribution in [0.4, 0.5) is 11.4 Å². The Bertz CT molecular complexity index is 619. The molecule has 0 N–H and O–H groups in total. The lowest BCUT2D eigenvalue weighted by molar-refractivity contribution is -0.384. The molecule has 2 rings (SSSR count). The van der Waals surface area contributed by atoms with Gasteiger partial charge in [0.15, 0.2) is 10.8 Å². The molecule has 1 amide bonds. The van der Waals surface area contributed by atoms with Crippen molar-refractivity contribution in [3.05, 3.63) is 28.3 Å². The summed E-state index contributed by atoms with van der Waals surface area (Å²) in [6.07, 6.45) is 0.273. The molecular formula is C14H16N2O5S. The number of amides is 1. The molecule has 1 unspecified atom stereocenters. The van der Waals surface area contributed by atoms with E-state index in [0.29, 0.717) is 18.0 Å². The Morgan fingerprint density at radius 3 is 2.86 bits per heavy atom. The standard InChI is InChI=1S/C14H16N2O5S/c1-9(17)22-8-10-6-13(18)15(7-10)14-11(16(19)20)4-3-5-12(14)21-2/h3-5,10H,6-8H2,1-2H3. The fourth-order valence-corrected chi connectivity index (χ4v) is 3.13. The van der Waals surface area contributed by atoms with Crippen LogP contribution in [0, 0.1) is 16.0 Å². The zero-order valence-corrected chi connectivity index (χ0v) is 13.1. The van der Waals surface area contributed by atoms with Crippen molar-refractivity contribution in [3.63, 3.8) is 0 Å². The van der Waals surface area contributed by atoms with Gasteiger partial charge in [0.05, 0.1) is 12.0 Å². The van der Waals surface area contributed by atoms with E-state index >= 15 is 0 Å². The van der Waals surface area contributed by atoms with E-state index in [0.717, 1.165) is 0 Å². The third kappa shape index (κ3) is 3.38. The monoisotopic (exact) mass is 324 g/mol. The Hall–Kier alpha value is -2.09. The number of ether oxygens (including phenoxy) is 1. The summed E-state index contributed by atoms with van der Waals surface area (Å²) in [4.78, 5) is 35.3. The summed E-state index contributed by atoms with van der Waals surface area (Å²) in [5.41, 5.74) is 0.0305. The molecule has 1 atom stereocenters. The van der Waals surface area contributed by atoms with Gasteiger partial charge in [-0.05, 0) is 12.0 Å². The van der Waals surface area contributed by atoms with E-state index in [2.05, 4.69) is 0 Å². The summed E-state index contributed by atoms with van der Waals surface area (Å²) in [7, 11) is 1.41. The number of nitro groups is 1. The molecule has 0 aliphatic carbocycles. The molecule has 8 heteroatoms. The second-order valence-electron chi connectivity index (χ2n) is 4.96. The highest BCUT2D eigenvalue weighted by atomic mass is 32.2. The smallest absolute Gasteiger partial charge is 0.296 e. The first-order valence-corrected chi connectivity index (χ1v) is 7.67. The van der Waals surface area contributed by atoms with E-state index in [1.807, 2.05) is 0 Å². The van der Waals surface area contributed by atoms with Gasteiger partial charge in [-0.15, -0.1) is 0 Å². The van der Waals surface area contributed by atoms with Crippen LogP contribution >= 0.6 is 11.8 Å². The molecule has 0 saturated carbocycles. The van der Waals surface area contributed by atoms with Crippen molar-refractivity contribution in [2.45, 2.75) is 13.3 Å². The molecule has 7 nitrogen and oxygen atoms in total. The first kappa shape index (κ1) is 16.3. The van der Waals surface area contributed by atoms with Crippen molar-refractivity contribution in [3.8, 4) is 5.75 Å². The third-order valence-corrected chi connectivity index (χ3v) is 4.44.